The molecule has 0 bridgehead atoms. The third-order valence-corrected chi connectivity index (χ3v) is 3.20. The zero-order chi connectivity index (χ0) is 12.3. The Morgan fingerprint density at radius 3 is 2.88 bits per heavy atom. The van der Waals surface area contributed by atoms with Gasteiger partial charge in [0, 0.05) is 6.42 Å². The van der Waals surface area contributed by atoms with Gasteiger partial charge in [-0.25, -0.2) is 0 Å². The Morgan fingerprint density at radius 2 is 2.18 bits per heavy atom. The molecule has 1 aliphatic rings. The summed E-state index contributed by atoms with van der Waals surface area (Å²) in [6, 6.07) is 6.31. The van der Waals surface area contributed by atoms with Crippen LogP contribution < -0.4 is 0 Å². The first-order valence-electron chi connectivity index (χ1n) is 6.10. The maximum Gasteiger partial charge on any atom is 0.107 e. The van der Waals surface area contributed by atoms with Crippen molar-refractivity contribution in [3.8, 4) is 0 Å². The number of ether oxygens (including phenoxy) is 2. The number of hydrogen-bond acceptors (Lipinski definition) is 3. The lowest BCUT2D eigenvalue weighted by Crippen LogP contribution is -2.39. The molecular weight excluding hydrogens is 216 g/mol. The van der Waals surface area contributed by atoms with E-state index in [9.17, 15) is 5.11 Å². The van der Waals surface area contributed by atoms with E-state index < -0.39 is 6.10 Å². The van der Waals surface area contributed by atoms with Crippen LogP contribution in [0.1, 0.15) is 16.7 Å². The summed E-state index contributed by atoms with van der Waals surface area (Å²) in [7, 11) is 0. The minimum atomic E-state index is -0.490. The van der Waals surface area contributed by atoms with E-state index in [-0.39, 0.29) is 6.10 Å². The fraction of sp³-hybridized carbons (Fsp3) is 0.571. The zero-order valence-corrected chi connectivity index (χ0v) is 10.5. The van der Waals surface area contributed by atoms with Crippen molar-refractivity contribution >= 4 is 0 Å². The first kappa shape index (κ1) is 12.6. The van der Waals surface area contributed by atoms with E-state index >= 15 is 0 Å². The number of aliphatic hydroxyl groups is 1. The molecule has 1 N–H and O–H groups in total. The lowest BCUT2D eigenvalue weighted by molar-refractivity contribution is -0.131. The monoisotopic (exact) mass is 236 g/mol. The molecular formula is C14H20O3. The van der Waals surface area contributed by atoms with Crippen molar-refractivity contribution in [2.45, 2.75) is 32.5 Å². The summed E-state index contributed by atoms with van der Waals surface area (Å²) in [4.78, 5) is 0. The van der Waals surface area contributed by atoms with Gasteiger partial charge in [0.15, 0.2) is 0 Å². The third-order valence-electron chi connectivity index (χ3n) is 3.20. The molecule has 0 amide bonds. The lowest BCUT2D eigenvalue weighted by Gasteiger charge is -2.27. The molecule has 1 aliphatic heterocycles. The van der Waals surface area contributed by atoms with Crippen LogP contribution in [0, 0.1) is 13.8 Å². The summed E-state index contributed by atoms with van der Waals surface area (Å²) in [5.74, 6) is 0. The highest BCUT2D eigenvalue weighted by Crippen LogP contribution is 2.16. The van der Waals surface area contributed by atoms with Crippen molar-refractivity contribution < 1.29 is 14.6 Å². The Morgan fingerprint density at radius 1 is 1.35 bits per heavy atom. The Hall–Kier alpha value is -0.900. The molecule has 2 atom stereocenters. The molecule has 1 heterocycles. The molecule has 3 heteroatoms. The summed E-state index contributed by atoms with van der Waals surface area (Å²) in [6.07, 6.45) is -0.0545. The average Bonchev–Trinajstić information content (AvgIpc) is 2.35. The zero-order valence-electron chi connectivity index (χ0n) is 10.5. The normalized spacial score (nSPS) is 22.4. The van der Waals surface area contributed by atoms with Crippen molar-refractivity contribution in [2.75, 3.05) is 19.8 Å². The smallest absolute Gasteiger partial charge is 0.107 e. The van der Waals surface area contributed by atoms with Gasteiger partial charge in [-0.2, -0.15) is 0 Å². The van der Waals surface area contributed by atoms with Gasteiger partial charge in [0.2, 0.25) is 0 Å². The highest BCUT2D eigenvalue weighted by Gasteiger charge is 2.23. The highest BCUT2D eigenvalue weighted by molar-refractivity contribution is 5.31. The third kappa shape index (κ3) is 3.28. The van der Waals surface area contributed by atoms with Gasteiger partial charge in [0.1, 0.15) is 6.10 Å². The van der Waals surface area contributed by atoms with E-state index in [2.05, 4.69) is 32.0 Å². The maximum absolute atomic E-state index is 10.1. The van der Waals surface area contributed by atoms with Gasteiger partial charge in [0.05, 0.1) is 25.9 Å². The average molecular weight is 236 g/mol. The molecule has 94 valence electrons. The number of benzene rings is 1. The van der Waals surface area contributed by atoms with Crippen LogP contribution in [0.15, 0.2) is 18.2 Å². The van der Waals surface area contributed by atoms with Gasteiger partial charge >= 0.3 is 0 Å². The summed E-state index contributed by atoms with van der Waals surface area (Å²) < 4.78 is 10.8. The summed E-state index contributed by atoms with van der Waals surface area (Å²) >= 11 is 0. The second-order valence-electron chi connectivity index (χ2n) is 4.69. The largest absolute Gasteiger partial charge is 0.390 e. The molecule has 0 saturated carbocycles. The minimum Gasteiger partial charge on any atom is -0.390 e. The van der Waals surface area contributed by atoms with Crippen molar-refractivity contribution in [1.82, 2.24) is 0 Å². The van der Waals surface area contributed by atoms with E-state index in [0.717, 1.165) is 0 Å². The molecule has 2 unspecified atom stereocenters. The van der Waals surface area contributed by atoms with E-state index in [1.165, 1.54) is 16.7 Å². The predicted molar refractivity (Wildman–Crippen MR) is 66.2 cm³/mol. The van der Waals surface area contributed by atoms with E-state index in [0.29, 0.717) is 26.2 Å². The van der Waals surface area contributed by atoms with Crippen molar-refractivity contribution in [3.05, 3.63) is 34.9 Å². The van der Waals surface area contributed by atoms with Crippen LogP contribution in [0.5, 0.6) is 0 Å². The number of aliphatic hydroxyl groups excluding tert-OH is 1. The maximum atomic E-state index is 10.1. The summed E-state index contributed by atoms with van der Waals surface area (Å²) in [5.41, 5.74) is 3.62. The van der Waals surface area contributed by atoms with Gasteiger partial charge in [-0.1, -0.05) is 23.8 Å². The van der Waals surface area contributed by atoms with Crippen LogP contribution in [0.2, 0.25) is 0 Å². The molecule has 0 aliphatic carbocycles. The lowest BCUT2D eigenvalue weighted by atomic mass is 9.98. The van der Waals surface area contributed by atoms with Gasteiger partial charge in [-0.15, -0.1) is 0 Å². The van der Waals surface area contributed by atoms with Crippen LogP contribution in [-0.4, -0.2) is 37.1 Å². The van der Waals surface area contributed by atoms with Crippen molar-refractivity contribution in [1.29, 1.82) is 0 Å². The van der Waals surface area contributed by atoms with Crippen LogP contribution in [0.3, 0.4) is 0 Å². The second kappa shape index (κ2) is 5.63. The molecule has 1 fully saturated rings. The Bertz CT molecular complexity index is 370. The summed E-state index contributed by atoms with van der Waals surface area (Å²) in [6.45, 7) is 5.84. The second-order valence-corrected chi connectivity index (χ2v) is 4.69. The first-order chi connectivity index (χ1) is 8.16. The quantitative estimate of drug-likeness (QED) is 0.866. The molecule has 0 spiro atoms. The number of hydrogen-bond donors (Lipinski definition) is 1. The molecule has 2 rings (SSSR count). The molecule has 1 aromatic carbocycles. The van der Waals surface area contributed by atoms with Crippen LogP contribution in [-0.2, 0) is 15.9 Å². The molecule has 17 heavy (non-hydrogen) atoms. The van der Waals surface area contributed by atoms with Crippen LogP contribution in [0.25, 0.3) is 0 Å². The highest BCUT2D eigenvalue weighted by atomic mass is 16.6. The number of rotatable bonds is 3. The summed E-state index contributed by atoms with van der Waals surface area (Å²) in [5, 5.41) is 10.1. The topological polar surface area (TPSA) is 38.7 Å². The number of aryl methyl sites for hydroxylation is 2. The van der Waals surface area contributed by atoms with E-state index in [1.807, 2.05) is 0 Å². The Balaban J connectivity index is 2.01. The first-order valence-corrected chi connectivity index (χ1v) is 6.10. The fourth-order valence-corrected chi connectivity index (χ4v) is 2.11. The van der Waals surface area contributed by atoms with Crippen molar-refractivity contribution in [2.24, 2.45) is 0 Å². The SMILES string of the molecule is Cc1ccc(C)c(CC(O)C2COCCO2)c1. The Labute approximate surface area is 102 Å². The molecule has 0 aromatic heterocycles. The molecule has 3 nitrogen and oxygen atoms in total. The standard InChI is InChI=1S/C14H20O3/c1-10-3-4-11(2)12(7-10)8-13(15)14-9-16-5-6-17-14/h3-4,7,13-15H,5-6,8-9H2,1-2H3. The fourth-order valence-electron chi connectivity index (χ4n) is 2.11. The van der Waals surface area contributed by atoms with Gasteiger partial charge < -0.3 is 14.6 Å². The van der Waals surface area contributed by atoms with Gasteiger partial charge in [-0.3, -0.25) is 0 Å². The van der Waals surface area contributed by atoms with Crippen molar-refractivity contribution in [3.63, 3.8) is 0 Å². The van der Waals surface area contributed by atoms with Gasteiger partial charge in [-0.05, 0) is 25.0 Å². The van der Waals surface area contributed by atoms with E-state index in [1.54, 1.807) is 0 Å². The van der Waals surface area contributed by atoms with Gasteiger partial charge in [0.25, 0.3) is 0 Å². The molecule has 1 aromatic rings. The van der Waals surface area contributed by atoms with Crippen LogP contribution >= 0.6 is 0 Å². The molecule has 0 radical (unpaired) electrons. The van der Waals surface area contributed by atoms with E-state index in [4.69, 9.17) is 9.47 Å². The van der Waals surface area contributed by atoms with Crippen LogP contribution in [0.4, 0.5) is 0 Å². The minimum absolute atomic E-state index is 0.191. The molecule has 1 saturated heterocycles. The predicted octanol–water partition coefficient (Wildman–Crippen LogP) is 1.62. The Kier molecular flexibility index (Phi) is 4.15.